The highest BCUT2D eigenvalue weighted by Gasteiger charge is 2.54. The van der Waals surface area contributed by atoms with Gasteiger partial charge in [-0.1, -0.05) is 23.2 Å². The minimum atomic E-state index is -0.139. The Morgan fingerprint density at radius 2 is 2.35 bits per heavy atom. The molecule has 0 radical (unpaired) electrons. The molecule has 0 saturated carbocycles. The van der Waals surface area contributed by atoms with Crippen LogP contribution in [-0.2, 0) is 4.74 Å². The molecular formula is C13H14Cl2N4O. The van der Waals surface area contributed by atoms with Crippen molar-refractivity contribution >= 4 is 35.0 Å². The van der Waals surface area contributed by atoms with Crippen molar-refractivity contribution in [1.82, 2.24) is 9.88 Å². The molecular weight excluding hydrogens is 299 g/mol. The maximum atomic E-state index is 6.10. The van der Waals surface area contributed by atoms with Crippen LogP contribution in [0.3, 0.4) is 0 Å². The zero-order valence-corrected chi connectivity index (χ0v) is 12.3. The van der Waals surface area contributed by atoms with Crippen molar-refractivity contribution in [2.45, 2.75) is 12.0 Å². The van der Waals surface area contributed by atoms with Crippen LogP contribution >= 0.6 is 23.2 Å². The molecule has 20 heavy (non-hydrogen) atoms. The van der Waals surface area contributed by atoms with Crippen molar-refractivity contribution in [3.05, 3.63) is 22.3 Å². The zero-order chi connectivity index (χ0) is 13.7. The van der Waals surface area contributed by atoms with Crippen molar-refractivity contribution in [3.8, 4) is 0 Å². The Hall–Kier alpha value is -1.04. The van der Waals surface area contributed by atoms with E-state index in [0.29, 0.717) is 34.3 Å². The number of aromatic nitrogens is 1. The van der Waals surface area contributed by atoms with E-state index in [9.17, 15) is 0 Å². The molecule has 2 bridgehead atoms. The van der Waals surface area contributed by atoms with E-state index < -0.39 is 0 Å². The second kappa shape index (κ2) is 4.48. The summed E-state index contributed by atoms with van der Waals surface area (Å²) < 4.78 is 6.10. The van der Waals surface area contributed by atoms with E-state index in [0.717, 1.165) is 13.1 Å². The zero-order valence-electron chi connectivity index (χ0n) is 10.8. The topological polar surface area (TPSA) is 49.8 Å². The monoisotopic (exact) mass is 312 g/mol. The van der Waals surface area contributed by atoms with Gasteiger partial charge in [-0.2, -0.15) is 0 Å². The molecule has 3 aliphatic rings. The maximum absolute atomic E-state index is 6.10. The van der Waals surface area contributed by atoms with Crippen LogP contribution in [0.1, 0.15) is 6.42 Å². The number of amidine groups is 1. The van der Waals surface area contributed by atoms with Gasteiger partial charge in [-0.05, 0) is 19.0 Å². The van der Waals surface area contributed by atoms with Gasteiger partial charge >= 0.3 is 0 Å². The Labute approximate surface area is 126 Å². The van der Waals surface area contributed by atoms with Crippen LogP contribution in [0, 0.1) is 5.92 Å². The van der Waals surface area contributed by atoms with Crippen LogP contribution in [0.4, 0.5) is 5.82 Å². The number of hydrogen-bond donors (Lipinski definition) is 1. The van der Waals surface area contributed by atoms with E-state index in [4.69, 9.17) is 27.9 Å². The summed E-state index contributed by atoms with van der Waals surface area (Å²) in [6.45, 7) is 3.99. The number of nitrogens with one attached hydrogen (secondary N) is 1. The molecule has 4 heterocycles. The first kappa shape index (κ1) is 12.7. The van der Waals surface area contributed by atoms with E-state index in [-0.39, 0.29) is 5.60 Å². The van der Waals surface area contributed by atoms with Gasteiger partial charge in [-0.25, -0.2) is 9.98 Å². The van der Waals surface area contributed by atoms with Gasteiger partial charge in [0, 0.05) is 25.2 Å². The predicted molar refractivity (Wildman–Crippen MR) is 78.5 cm³/mol. The summed E-state index contributed by atoms with van der Waals surface area (Å²) in [6.07, 6.45) is 2.74. The lowest BCUT2D eigenvalue weighted by molar-refractivity contribution is 0.0364. The molecule has 2 saturated heterocycles. The first-order valence-electron chi connectivity index (χ1n) is 6.68. The quantitative estimate of drug-likeness (QED) is 0.864. The molecule has 1 N–H and O–H groups in total. The van der Waals surface area contributed by atoms with Gasteiger partial charge in [-0.15, -0.1) is 0 Å². The van der Waals surface area contributed by atoms with Crippen LogP contribution in [0.2, 0.25) is 10.0 Å². The summed E-state index contributed by atoms with van der Waals surface area (Å²) in [6, 6.07) is 2.16. The molecule has 106 valence electrons. The number of ether oxygens (including phenoxy) is 1. The predicted octanol–water partition coefficient (Wildman–Crippen LogP) is 2.26. The van der Waals surface area contributed by atoms with E-state index in [2.05, 4.69) is 20.2 Å². The van der Waals surface area contributed by atoms with Crippen molar-refractivity contribution in [1.29, 1.82) is 0 Å². The standard InChI is InChI=1S/C13H14Cl2N4O/c14-9-3-10(15)11(16-4-9)18-12-17-6-13(20-12)7-19-2-1-8(13)5-19/h3-4,8H,1-2,5-7H2,(H,16,17,18). The van der Waals surface area contributed by atoms with E-state index >= 15 is 0 Å². The maximum Gasteiger partial charge on any atom is 0.291 e. The van der Waals surface area contributed by atoms with E-state index in [1.807, 2.05) is 0 Å². The largest absolute Gasteiger partial charge is 0.455 e. The molecule has 7 heteroatoms. The molecule has 0 aromatic carbocycles. The summed E-state index contributed by atoms with van der Waals surface area (Å²) in [7, 11) is 0. The number of fused-ring (bicyclic) bond motifs is 3. The second-order valence-corrected chi connectivity index (χ2v) is 6.46. The van der Waals surface area contributed by atoms with Crippen LogP contribution in [0.25, 0.3) is 0 Å². The number of piperidine rings is 1. The minimum absolute atomic E-state index is 0.139. The van der Waals surface area contributed by atoms with Gasteiger partial charge in [0.1, 0.15) is 5.60 Å². The lowest BCUT2D eigenvalue weighted by atomic mass is 9.88. The van der Waals surface area contributed by atoms with E-state index in [1.165, 1.54) is 13.0 Å². The summed E-state index contributed by atoms with van der Waals surface area (Å²) >= 11 is 11.9. The first-order chi connectivity index (χ1) is 9.64. The molecule has 4 rings (SSSR count). The number of hydrogen-bond acceptors (Lipinski definition) is 5. The molecule has 1 spiro atoms. The number of aliphatic imine (C=N–C) groups is 1. The molecule has 3 aliphatic heterocycles. The highest BCUT2D eigenvalue weighted by molar-refractivity contribution is 6.36. The van der Waals surface area contributed by atoms with Crippen LogP contribution in [0.5, 0.6) is 0 Å². The van der Waals surface area contributed by atoms with Crippen LogP contribution in [-0.4, -0.2) is 47.7 Å². The Bertz CT molecular complexity index is 594. The van der Waals surface area contributed by atoms with Crippen molar-refractivity contribution in [3.63, 3.8) is 0 Å². The first-order valence-corrected chi connectivity index (χ1v) is 7.44. The van der Waals surface area contributed by atoms with Gasteiger partial charge in [0.2, 0.25) is 0 Å². The number of halogens is 2. The third-order valence-electron chi connectivity index (χ3n) is 4.33. The number of nitrogens with zero attached hydrogens (tertiary/aromatic N) is 3. The average molecular weight is 313 g/mol. The highest BCUT2D eigenvalue weighted by Crippen LogP contribution is 2.41. The van der Waals surface area contributed by atoms with Crippen molar-refractivity contribution in [2.75, 3.05) is 31.5 Å². The fraction of sp³-hybridized carbons (Fsp3) is 0.538. The molecule has 2 fully saturated rings. The summed E-state index contributed by atoms with van der Waals surface area (Å²) in [5, 5.41) is 4.02. The van der Waals surface area contributed by atoms with E-state index in [1.54, 1.807) is 12.3 Å². The normalized spacial score (nSPS) is 34.4. The third kappa shape index (κ3) is 1.96. The molecule has 3 unspecified atom stereocenters. The number of rotatable bonds is 1. The molecule has 3 atom stereocenters. The van der Waals surface area contributed by atoms with Gasteiger partial charge in [0.05, 0.1) is 16.6 Å². The lowest BCUT2D eigenvalue weighted by Crippen LogP contribution is -2.46. The smallest absolute Gasteiger partial charge is 0.291 e. The third-order valence-corrected chi connectivity index (χ3v) is 4.83. The van der Waals surface area contributed by atoms with Crippen molar-refractivity contribution in [2.24, 2.45) is 10.9 Å². The van der Waals surface area contributed by atoms with Gasteiger partial charge < -0.3 is 4.74 Å². The number of pyridine rings is 1. The average Bonchev–Trinajstić information content (AvgIpc) is 3.09. The lowest BCUT2D eigenvalue weighted by Gasteiger charge is -2.32. The van der Waals surface area contributed by atoms with Gasteiger partial charge in [-0.3, -0.25) is 10.2 Å². The SMILES string of the molecule is Clc1cnc(NC2=NCC3(CN4CCC3C4)O2)c(Cl)c1. The molecule has 1 aromatic heterocycles. The van der Waals surface area contributed by atoms with Crippen molar-refractivity contribution < 1.29 is 4.74 Å². The Balaban J connectivity index is 1.49. The molecule has 0 amide bonds. The Kier molecular flexibility index (Phi) is 2.84. The highest BCUT2D eigenvalue weighted by atomic mass is 35.5. The molecule has 1 aromatic rings. The van der Waals surface area contributed by atoms with Gasteiger partial charge in [0.15, 0.2) is 5.82 Å². The fourth-order valence-corrected chi connectivity index (χ4v) is 3.77. The van der Waals surface area contributed by atoms with Crippen LogP contribution < -0.4 is 5.32 Å². The minimum Gasteiger partial charge on any atom is -0.455 e. The van der Waals surface area contributed by atoms with Gasteiger partial charge in [0.25, 0.3) is 6.02 Å². The summed E-state index contributed by atoms with van der Waals surface area (Å²) in [5.74, 6) is 1.11. The second-order valence-electron chi connectivity index (χ2n) is 5.62. The fourth-order valence-electron chi connectivity index (χ4n) is 3.34. The Morgan fingerprint density at radius 3 is 3.05 bits per heavy atom. The molecule has 0 aliphatic carbocycles. The Morgan fingerprint density at radius 1 is 1.45 bits per heavy atom. The number of anilines is 1. The molecule has 5 nitrogen and oxygen atoms in total. The summed E-state index contributed by atoms with van der Waals surface area (Å²) in [5.41, 5.74) is -0.139. The van der Waals surface area contributed by atoms with Crippen LogP contribution in [0.15, 0.2) is 17.3 Å². The summed E-state index contributed by atoms with van der Waals surface area (Å²) in [4.78, 5) is 11.1.